The molecule has 2 aliphatic rings. The van der Waals surface area contributed by atoms with E-state index >= 15 is 0 Å². The number of hydrogen-bond acceptors (Lipinski definition) is 6. The Morgan fingerprint density at radius 3 is 3.04 bits per heavy atom. The van der Waals surface area contributed by atoms with Crippen molar-refractivity contribution in [2.75, 3.05) is 31.4 Å². The van der Waals surface area contributed by atoms with Crippen molar-refractivity contribution in [1.29, 1.82) is 0 Å². The normalized spacial score (nSPS) is 17.1. The maximum atomic E-state index is 12.6. The fraction of sp³-hybridized carbons (Fsp3) is 0.375. The number of thiazole rings is 1. The Kier molecular flexibility index (Phi) is 4.13. The summed E-state index contributed by atoms with van der Waals surface area (Å²) in [6.45, 7) is 1.91. The van der Waals surface area contributed by atoms with Crippen molar-refractivity contribution < 1.29 is 14.3 Å². The molecule has 0 unspecified atom stereocenters. The van der Waals surface area contributed by atoms with Crippen LogP contribution < -0.4 is 9.47 Å². The average molecular weight is 348 g/mol. The molecule has 0 atom stereocenters. The SMILES string of the molecule is O=C(c1cnc(-c2ccc3c(c2)OCO3)s1)N1CCCSCC1. The molecule has 1 amide bonds. The first-order valence-corrected chi connectivity index (χ1v) is 9.51. The van der Waals surface area contributed by atoms with Crippen molar-refractivity contribution >= 4 is 29.0 Å². The maximum Gasteiger partial charge on any atom is 0.265 e. The Hall–Kier alpha value is -1.73. The van der Waals surface area contributed by atoms with E-state index in [0.29, 0.717) is 4.88 Å². The smallest absolute Gasteiger partial charge is 0.265 e. The Labute approximate surface area is 142 Å². The summed E-state index contributed by atoms with van der Waals surface area (Å²) in [5, 5.41) is 0.829. The number of carbonyl (C=O) groups excluding carboxylic acids is 1. The highest BCUT2D eigenvalue weighted by molar-refractivity contribution is 7.99. The summed E-state index contributed by atoms with van der Waals surface area (Å²) in [5.41, 5.74) is 0.949. The van der Waals surface area contributed by atoms with E-state index < -0.39 is 0 Å². The van der Waals surface area contributed by atoms with Gasteiger partial charge in [-0.2, -0.15) is 11.8 Å². The highest BCUT2D eigenvalue weighted by Gasteiger charge is 2.21. The number of fused-ring (bicyclic) bond motifs is 1. The fourth-order valence-corrected chi connectivity index (χ4v) is 4.41. The molecule has 0 radical (unpaired) electrons. The molecule has 5 nitrogen and oxygen atoms in total. The van der Waals surface area contributed by atoms with Crippen molar-refractivity contribution in [3.8, 4) is 22.1 Å². The quantitative estimate of drug-likeness (QED) is 0.835. The van der Waals surface area contributed by atoms with E-state index in [-0.39, 0.29) is 12.7 Å². The number of hydrogen-bond donors (Lipinski definition) is 0. The third-order valence-corrected chi connectivity index (χ3v) is 5.93. The first-order chi connectivity index (χ1) is 11.3. The number of ether oxygens (including phenoxy) is 2. The monoisotopic (exact) mass is 348 g/mol. The highest BCUT2D eigenvalue weighted by Crippen LogP contribution is 2.37. The van der Waals surface area contributed by atoms with Gasteiger partial charge in [-0.1, -0.05) is 0 Å². The van der Waals surface area contributed by atoms with Crippen molar-refractivity contribution in [1.82, 2.24) is 9.88 Å². The summed E-state index contributed by atoms with van der Waals surface area (Å²) in [6, 6.07) is 5.74. The van der Waals surface area contributed by atoms with Gasteiger partial charge in [-0.15, -0.1) is 11.3 Å². The lowest BCUT2D eigenvalue weighted by molar-refractivity contribution is 0.0773. The van der Waals surface area contributed by atoms with Crippen LogP contribution in [0.4, 0.5) is 0 Å². The zero-order valence-corrected chi connectivity index (χ0v) is 14.1. The average Bonchev–Trinajstić information content (AvgIpc) is 3.16. The number of rotatable bonds is 2. The van der Waals surface area contributed by atoms with Gasteiger partial charge in [0, 0.05) is 24.4 Å². The predicted octanol–water partition coefficient (Wildman–Crippen LogP) is 3.12. The lowest BCUT2D eigenvalue weighted by Gasteiger charge is -2.18. The molecule has 0 bridgehead atoms. The molecular weight excluding hydrogens is 332 g/mol. The molecule has 7 heteroatoms. The molecule has 0 aliphatic carbocycles. The fourth-order valence-electron chi connectivity index (χ4n) is 2.64. The van der Waals surface area contributed by atoms with Crippen molar-refractivity contribution in [3.05, 3.63) is 29.3 Å². The van der Waals surface area contributed by atoms with Crippen LogP contribution >= 0.6 is 23.1 Å². The standard InChI is InChI=1S/C16H16N2O3S2/c19-16(18-4-1-6-22-7-5-18)14-9-17-15(23-14)11-2-3-12-13(8-11)21-10-20-12/h2-3,8-9H,1,4-7,10H2. The molecule has 1 fully saturated rings. The Bertz CT molecular complexity index is 724. The summed E-state index contributed by atoms with van der Waals surface area (Å²) in [5.74, 6) is 3.73. The first kappa shape index (κ1) is 14.8. The summed E-state index contributed by atoms with van der Waals surface area (Å²) < 4.78 is 10.7. The minimum atomic E-state index is 0.0944. The van der Waals surface area contributed by atoms with Crippen LogP contribution in [0.1, 0.15) is 16.1 Å². The van der Waals surface area contributed by atoms with E-state index in [2.05, 4.69) is 4.98 Å². The van der Waals surface area contributed by atoms with Crippen LogP contribution in [0.3, 0.4) is 0 Å². The number of amides is 1. The molecule has 2 aromatic rings. The van der Waals surface area contributed by atoms with Gasteiger partial charge >= 0.3 is 0 Å². The minimum Gasteiger partial charge on any atom is -0.454 e. The van der Waals surface area contributed by atoms with E-state index in [1.54, 1.807) is 6.20 Å². The number of aromatic nitrogens is 1. The number of nitrogens with zero attached hydrogens (tertiary/aromatic N) is 2. The Morgan fingerprint density at radius 1 is 1.17 bits per heavy atom. The van der Waals surface area contributed by atoms with Gasteiger partial charge in [0.15, 0.2) is 11.5 Å². The number of carbonyl (C=O) groups is 1. The molecule has 1 aromatic heterocycles. The van der Waals surface area contributed by atoms with Crippen LogP contribution in [0.15, 0.2) is 24.4 Å². The predicted molar refractivity (Wildman–Crippen MR) is 91.5 cm³/mol. The van der Waals surface area contributed by atoms with Gasteiger partial charge in [-0.05, 0) is 30.4 Å². The van der Waals surface area contributed by atoms with E-state index in [1.807, 2.05) is 34.9 Å². The van der Waals surface area contributed by atoms with E-state index in [1.165, 1.54) is 11.3 Å². The van der Waals surface area contributed by atoms with E-state index in [4.69, 9.17) is 9.47 Å². The molecule has 3 heterocycles. The number of benzene rings is 1. The van der Waals surface area contributed by atoms with Crippen molar-refractivity contribution in [3.63, 3.8) is 0 Å². The second kappa shape index (κ2) is 6.41. The van der Waals surface area contributed by atoms with Crippen LogP contribution in [0, 0.1) is 0 Å². The molecule has 0 spiro atoms. The lowest BCUT2D eigenvalue weighted by Crippen LogP contribution is -2.32. The van der Waals surface area contributed by atoms with Gasteiger partial charge < -0.3 is 14.4 Å². The maximum absolute atomic E-state index is 12.6. The molecule has 120 valence electrons. The van der Waals surface area contributed by atoms with Gasteiger partial charge in [-0.25, -0.2) is 4.98 Å². The molecular formula is C16H16N2O3S2. The summed E-state index contributed by atoms with van der Waals surface area (Å²) in [4.78, 5) is 19.7. The van der Waals surface area contributed by atoms with Crippen LogP contribution in [-0.4, -0.2) is 47.2 Å². The molecule has 1 aromatic carbocycles. The zero-order chi connectivity index (χ0) is 15.6. The summed E-state index contributed by atoms with van der Waals surface area (Å²) in [6.07, 6.45) is 2.75. The number of thioether (sulfide) groups is 1. The molecule has 0 N–H and O–H groups in total. The summed E-state index contributed by atoms with van der Waals surface area (Å²) >= 11 is 3.35. The van der Waals surface area contributed by atoms with Crippen molar-refractivity contribution in [2.24, 2.45) is 0 Å². The lowest BCUT2D eigenvalue weighted by atomic mass is 10.2. The third-order valence-electron chi connectivity index (χ3n) is 3.85. The molecule has 0 saturated carbocycles. The third kappa shape index (κ3) is 3.03. The van der Waals surface area contributed by atoms with Crippen LogP contribution in [0.2, 0.25) is 0 Å². The van der Waals surface area contributed by atoms with Crippen LogP contribution in [0.5, 0.6) is 11.5 Å². The Morgan fingerprint density at radius 2 is 2.09 bits per heavy atom. The second-order valence-electron chi connectivity index (χ2n) is 5.36. The molecule has 23 heavy (non-hydrogen) atoms. The van der Waals surface area contributed by atoms with Crippen molar-refractivity contribution in [2.45, 2.75) is 6.42 Å². The van der Waals surface area contributed by atoms with Crippen LogP contribution in [-0.2, 0) is 0 Å². The van der Waals surface area contributed by atoms with Gasteiger partial charge in [0.2, 0.25) is 6.79 Å². The zero-order valence-electron chi connectivity index (χ0n) is 12.5. The Balaban J connectivity index is 1.55. The molecule has 2 aliphatic heterocycles. The van der Waals surface area contributed by atoms with E-state index in [0.717, 1.165) is 53.1 Å². The van der Waals surface area contributed by atoms with Gasteiger partial charge in [-0.3, -0.25) is 4.79 Å². The van der Waals surface area contributed by atoms with Gasteiger partial charge in [0.25, 0.3) is 5.91 Å². The molecule has 4 rings (SSSR count). The highest BCUT2D eigenvalue weighted by atomic mass is 32.2. The topological polar surface area (TPSA) is 51.7 Å². The first-order valence-electron chi connectivity index (χ1n) is 7.54. The van der Waals surface area contributed by atoms with Crippen LogP contribution in [0.25, 0.3) is 10.6 Å². The van der Waals surface area contributed by atoms with E-state index in [9.17, 15) is 4.79 Å². The van der Waals surface area contributed by atoms with Gasteiger partial charge in [0.05, 0.1) is 6.20 Å². The minimum absolute atomic E-state index is 0.0944. The molecule has 1 saturated heterocycles. The second-order valence-corrected chi connectivity index (χ2v) is 7.61. The van der Waals surface area contributed by atoms with Gasteiger partial charge in [0.1, 0.15) is 9.88 Å². The summed E-state index contributed by atoms with van der Waals surface area (Å²) in [7, 11) is 0. The largest absolute Gasteiger partial charge is 0.454 e.